The topological polar surface area (TPSA) is 20.3 Å². The smallest absolute Gasteiger partial charge is 0.251 e. The van der Waals surface area contributed by atoms with E-state index >= 15 is 0 Å². The van der Waals surface area contributed by atoms with Gasteiger partial charge in [0.15, 0.2) is 0 Å². The molecule has 2 nitrogen and oxygen atoms in total. The van der Waals surface area contributed by atoms with Crippen molar-refractivity contribution in [1.82, 2.24) is 4.90 Å². The van der Waals surface area contributed by atoms with Gasteiger partial charge in [0, 0.05) is 9.66 Å². The van der Waals surface area contributed by atoms with Gasteiger partial charge in [-0.2, -0.15) is 0 Å². The predicted octanol–water partition coefficient (Wildman–Crippen LogP) is 4.78. The number of amides is 1. The van der Waals surface area contributed by atoms with Crippen molar-refractivity contribution >= 4 is 32.1 Å². The number of hydrogen-bond donors (Lipinski definition) is 0. The van der Waals surface area contributed by atoms with Crippen LogP contribution in [0.1, 0.15) is 18.1 Å². The summed E-state index contributed by atoms with van der Waals surface area (Å²) in [6.45, 7) is 2.60. The van der Waals surface area contributed by atoms with Gasteiger partial charge in [-0.15, -0.1) is 0 Å². The number of carbonyl (C=O) groups excluding carboxylic acids is 1. The molecule has 0 unspecified atom stereocenters. The average Bonchev–Trinajstić information content (AvgIpc) is 2.82. The standard InChI is InChI=1S/C19H16INO/c1-14-12-17(22)21(13-15-8-4-2-5-9-15)19(14)18(20)16-10-6-3-7-11-16/h2-12H,13H2,1H3/b19-18+. The van der Waals surface area contributed by atoms with Gasteiger partial charge in [0.25, 0.3) is 5.91 Å². The minimum absolute atomic E-state index is 0.0569. The van der Waals surface area contributed by atoms with Gasteiger partial charge in [-0.1, -0.05) is 60.7 Å². The van der Waals surface area contributed by atoms with Crippen molar-refractivity contribution < 1.29 is 4.79 Å². The van der Waals surface area contributed by atoms with Gasteiger partial charge in [-0.25, -0.2) is 0 Å². The summed E-state index contributed by atoms with van der Waals surface area (Å²) < 4.78 is 1.11. The largest absolute Gasteiger partial charge is 0.303 e. The molecule has 0 saturated carbocycles. The number of nitrogens with zero attached hydrogens (tertiary/aromatic N) is 1. The lowest BCUT2D eigenvalue weighted by atomic mass is 10.1. The quantitative estimate of drug-likeness (QED) is 0.678. The molecule has 0 radical (unpaired) electrons. The van der Waals surface area contributed by atoms with Gasteiger partial charge < -0.3 is 4.90 Å². The van der Waals surface area contributed by atoms with E-state index in [0.29, 0.717) is 6.54 Å². The molecule has 0 bridgehead atoms. The van der Waals surface area contributed by atoms with Gasteiger partial charge in [0.05, 0.1) is 12.2 Å². The van der Waals surface area contributed by atoms with Crippen molar-refractivity contribution in [2.24, 2.45) is 0 Å². The fraction of sp³-hybridized carbons (Fsp3) is 0.105. The highest BCUT2D eigenvalue weighted by Gasteiger charge is 2.27. The molecule has 1 amide bonds. The number of benzene rings is 2. The fourth-order valence-corrected chi connectivity index (χ4v) is 3.67. The zero-order chi connectivity index (χ0) is 15.5. The van der Waals surface area contributed by atoms with Crippen LogP contribution in [0, 0.1) is 0 Å². The number of carbonyl (C=O) groups is 1. The first kappa shape index (κ1) is 15.0. The maximum absolute atomic E-state index is 12.3. The monoisotopic (exact) mass is 401 g/mol. The summed E-state index contributed by atoms with van der Waals surface area (Å²) in [6.07, 6.45) is 1.72. The van der Waals surface area contributed by atoms with E-state index in [0.717, 1.165) is 26.0 Å². The summed E-state index contributed by atoms with van der Waals surface area (Å²) in [5.74, 6) is 0.0569. The van der Waals surface area contributed by atoms with Crippen molar-refractivity contribution in [3.63, 3.8) is 0 Å². The molecule has 0 saturated heterocycles. The molecule has 3 heteroatoms. The third-order valence-electron chi connectivity index (χ3n) is 3.67. The van der Waals surface area contributed by atoms with E-state index < -0.39 is 0 Å². The summed E-state index contributed by atoms with van der Waals surface area (Å²) in [5.41, 5.74) is 4.31. The Kier molecular flexibility index (Phi) is 4.43. The van der Waals surface area contributed by atoms with E-state index in [1.54, 1.807) is 6.08 Å². The van der Waals surface area contributed by atoms with Crippen LogP contribution in [0.25, 0.3) is 3.58 Å². The lowest BCUT2D eigenvalue weighted by Gasteiger charge is -2.21. The molecular weight excluding hydrogens is 385 g/mol. The van der Waals surface area contributed by atoms with Crippen LogP contribution < -0.4 is 0 Å². The lowest BCUT2D eigenvalue weighted by Crippen LogP contribution is -2.24. The molecule has 1 heterocycles. The summed E-state index contributed by atoms with van der Waals surface area (Å²) in [4.78, 5) is 14.2. The summed E-state index contributed by atoms with van der Waals surface area (Å²) in [5, 5.41) is 0. The molecule has 0 spiro atoms. The maximum Gasteiger partial charge on any atom is 0.251 e. The molecule has 0 aliphatic carbocycles. The van der Waals surface area contributed by atoms with E-state index in [4.69, 9.17) is 0 Å². The van der Waals surface area contributed by atoms with Crippen LogP contribution in [0.15, 0.2) is 78.0 Å². The van der Waals surface area contributed by atoms with Crippen LogP contribution in [-0.2, 0) is 11.3 Å². The average molecular weight is 401 g/mol. The molecular formula is C19H16INO. The van der Waals surface area contributed by atoms with Crippen LogP contribution in [0.3, 0.4) is 0 Å². The molecule has 1 aliphatic rings. The first-order chi connectivity index (χ1) is 10.7. The Morgan fingerprint density at radius 2 is 1.59 bits per heavy atom. The highest BCUT2D eigenvalue weighted by atomic mass is 127. The molecule has 0 aromatic heterocycles. The molecule has 0 atom stereocenters. The van der Waals surface area contributed by atoms with Crippen molar-refractivity contribution in [1.29, 1.82) is 0 Å². The summed E-state index contributed by atoms with van der Waals surface area (Å²) in [6, 6.07) is 20.3. The SMILES string of the molecule is CC1=CC(=O)N(Cc2ccccc2)/C1=C(/I)c1ccccc1. The number of rotatable bonds is 3. The Bertz CT molecular complexity index is 748. The van der Waals surface area contributed by atoms with E-state index in [-0.39, 0.29) is 5.91 Å². The molecule has 2 aromatic rings. The van der Waals surface area contributed by atoms with Crippen LogP contribution >= 0.6 is 22.6 Å². The van der Waals surface area contributed by atoms with Gasteiger partial charge in [0.2, 0.25) is 0 Å². The number of allylic oxidation sites excluding steroid dienone is 1. The Morgan fingerprint density at radius 1 is 1.00 bits per heavy atom. The first-order valence-electron chi connectivity index (χ1n) is 7.16. The Hall–Kier alpha value is -1.88. The highest BCUT2D eigenvalue weighted by Crippen LogP contribution is 2.36. The normalized spacial score (nSPS) is 16.7. The van der Waals surface area contributed by atoms with Crippen molar-refractivity contribution in [3.05, 3.63) is 89.1 Å². The first-order valence-corrected chi connectivity index (χ1v) is 8.24. The van der Waals surface area contributed by atoms with Gasteiger partial charge in [0.1, 0.15) is 0 Å². The van der Waals surface area contributed by atoms with Crippen LogP contribution in [0.4, 0.5) is 0 Å². The van der Waals surface area contributed by atoms with E-state index in [1.165, 1.54) is 0 Å². The van der Waals surface area contributed by atoms with Crippen LogP contribution in [0.5, 0.6) is 0 Å². The zero-order valence-electron chi connectivity index (χ0n) is 12.3. The zero-order valence-corrected chi connectivity index (χ0v) is 14.4. The molecule has 1 aliphatic heterocycles. The van der Waals surface area contributed by atoms with Crippen LogP contribution in [-0.4, -0.2) is 10.8 Å². The predicted molar refractivity (Wildman–Crippen MR) is 98.1 cm³/mol. The maximum atomic E-state index is 12.3. The molecule has 110 valence electrons. The van der Waals surface area contributed by atoms with Gasteiger partial charge in [-0.3, -0.25) is 4.79 Å². The molecule has 3 rings (SSSR count). The molecule has 22 heavy (non-hydrogen) atoms. The minimum Gasteiger partial charge on any atom is -0.303 e. The molecule has 0 N–H and O–H groups in total. The second kappa shape index (κ2) is 6.48. The Balaban J connectivity index is 2.00. The number of halogens is 1. The highest BCUT2D eigenvalue weighted by molar-refractivity contribution is 14.1. The second-order valence-electron chi connectivity index (χ2n) is 5.27. The number of hydrogen-bond acceptors (Lipinski definition) is 1. The van der Waals surface area contributed by atoms with Crippen molar-refractivity contribution in [2.75, 3.05) is 0 Å². The summed E-state index contributed by atoms with van der Waals surface area (Å²) in [7, 11) is 0. The lowest BCUT2D eigenvalue weighted by molar-refractivity contribution is -0.123. The third kappa shape index (κ3) is 2.99. The van der Waals surface area contributed by atoms with Crippen molar-refractivity contribution in [2.45, 2.75) is 13.5 Å². The van der Waals surface area contributed by atoms with E-state index in [2.05, 4.69) is 34.7 Å². The van der Waals surface area contributed by atoms with Crippen LogP contribution in [0.2, 0.25) is 0 Å². The Labute approximate surface area is 144 Å². The van der Waals surface area contributed by atoms with Crippen molar-refractivity contribution in [3.8, 4) is 0 Å². The fourth-order valence-electron chi connectivity index (χ4n) is 2.59. The van der Waals surface area contributed by atoms with E-state index in [1.807, 2.05) is 60.4 Å². The molecule has 0 fully saturated rings. The van der Waals surface area contributed by atoms with E-state index in [9.17, 15) is 4.79 Å². The minimum atomic E-state index is 0.0569. The molecule has 2 aromatic carbocycles. The Morgan fingerprint density at radius 3 is 2.23 bits per heavy atom. The van der Waals surface area contributed by atoms with Gasteiger partial charge in [-0.05, 0) is 46.2 Å². The third-order valence-corrected chi connectivity index (χ3v) is 4.80. The summed E-state index contributed by atoms with van der Waals surface area (Å²) >= 11 is 2.34. The van der Waals surface area contributed by atoms with Gasteiger partial charge >= 0.3 is 0 Å². The second-order valence-corrected chi connectivity index (χ2v) is 6.34.